The quantitative estimate of drug-likeness (QED) is 0.785. The molecule has 0 aliphatic carbocycles. The van der Waals surface area contributed by atoms with Crippen molar-refractivity contribution in [1.82, 2.24) is 14.5 Å². The summed E-state index contributed by atoms with van der Waals surface area (Å²) in [4.78, 5) is 7.42. The second kappa shape index (κ2) is 4.74. The van der Waals surface area contributed by atoms with E-state index in [0.717, 1.165) is 11.3 Å². The van der Waals surface area contributed by atoms with Crippen molar-refractivity contribution in [3.8, 4) is 0 Å². The molecular formula is C16H20ClN3. The van der Waals surface area contributed by atoms with E-state index < -0.39 is 0 Å². The summed E-state index contributed by atoms with van der Waals surface area (Å²) < 4.78 is 2.43. The SMILES string of the molecule is CC(Cl)c1nc2ccccc2n1C1CCN2CCCC12. The molecule has 3 heterocycles. The number of hydrogen-bond acceptors (Lipinski definition) is 2. The normalized spacial score (nSPS) is 28.1. The zero-order chi connectivity index (χ0) is 13.7. The van der Waals surface area contributed by atoms with Crippen molar-refractivity contribution in [1.29, 1.82) is 0 Å². The molecular weight excluding hydrogens is 270 g/mol. The van der Waals surface area contributed by atoms with E-state index in [9.17, 15) is 0 Å². The molecule has 2 fully saturated rings. The monoisotopic (exact) mass is 289 g/mol. The van der Waals surface area contributed by atoms with Crippen molar-refractivity contribution in [2.24, 2.45) is 0 Å². The highest BCUT2D eigenvalue weighted by Gasteiger charge is 2.39. The average Bonchev–Trinajstić information content (AvgIpc) is 3.10. The molecule has 0 N–H and O–H groups in total. The van der Waals surface area contributed by atoms with Crippen LogP contribution in [0.25, 0.3) is 11.0 Å². The molecule has 4 heteroatoms. The van der Waals surface area contributed by atoms with E-state index in [1.165, 1.54) is 37.9 Å². The van der Waals surface area contributed by atoms with E-state index in [1.807, 2.05) is 6.92 Å². The molecule has 1 aromatic carbocycles. The highest BCUT2D eigenvalue weighted by atomic mass is 35.5. The molecule has 4 rings (SSSR count). The van der Waals surface area contributed by atoms with Gasteiger partial charge in [-0.2, -0.15) is 0 Å². The summed E-state index contributed by atoms with van der Waals surface area (Å²) in [7, 11) is 0. The van der Waals surface area contributed by atoms with Gasteiger partial charge in [0.1, 0.15) is 5.82 Å². The number of alkyl halides is 1. The minimum atomic E-state index is -0.0437. The minimum absolute atomic E-state index is 0.0437. The Labute approximate surface area is 124 Å². The summed E-state index contributed by atoms with van der Waals surface area (Å²) in [5.74, 6) is 1.03. The molecule has 0 amide bonds. The Balaban J connectivity index is 1.87. The fourth-order valence-corrected chi connectivity index (χ4v) is 4.20. The lowest BCUT2D eigenvalue weighted by Gasteiger charge is -2.24. The van der Waals surface area contributed by atoms with Crippen LogP contribution in [0.5, 0.6) is 0 Å². The van der Waals surface area contributed by atoms with Crippen molar-refractivity contribution in [2.45, 2.75) is 43.6 Å². The zero-order valence-electron chi connectivity index (χ0n) is 11.8. The number of imidazole rings is 1. The van der Waals surface area contributed by atoms with Crippen molar-refractivity contribution in [3.63, 3.8) is 0 Å². The lowest BCUT2D eigenvalue weighted by molar-refractivity contribution is 0.290. The summed E-state index contributed by atoms with van der Waals surface area (Å²) in [5, 5.41) is -0.0437. The first-order chi connectivity index (χ1) is 9.75. The van der Waals surface area contributed by atoms with Crippen LogP contribution >= 0.6 is 11.6 Å². The van der Waals surface area contributed by atoms with Crippen LogP contribution in [0.3, 0.4) is 0 Å². The Morgan fingerprint density at radius 2 is 2.05 bits per heavy atom. The Morgan fingerprint density at radius 1 is 1.20 bits per heavy atom. The third kappa shape index (κ3) is 1.80. The average molecular weight is 290 g/mol. The Morgan fingerprint density at radius 3 is 2.90 bits per heavy atom. The highest BCUT2D eigenvalue weighted by Crippen LogP contribution is 2.40. The number of rotatable bonds is 2. The van der Waals surface area contributed by atoms with E-state index in [0.29, 0.717) is 12.1 Å². The number of nitrogens with zero attached hydrogens (tertiary/aromatic N) is 3. The Kier molecular flexibility index (Phi) is 3.00. The number of benzene rings is 1. The first kappa shape index (κ1) is 12.7. The fourth-order valence-electron chi connectivity index (χ4n) is 4.05. The predicted octanol–water partition coefficient (Wildman–Crippen LogP) is 3.75. The summed E-state index contributed by atoms with van der Waals surface area (Å²) >= 11 is 6.40. The van der Waals surface area contributed by atoms with Crippen LogP contribution in [-0.2, 0) is 0 Å². The van der Waals surface area contributed by atoms with Crippen LogP contribution in [0.2, 0.25) is 0 Å². The van der Waals surface area contributed by atoms with Gasteiger partial charge < -0.3 is 4.57 Å². The van der Waals surface area contributed by atoms with Gasteiger partial charge in [-0.3, -0.25) is 4.90 Å². The highest BCUT2D eigenvalue weighted by molar-refractivity contribution is 6.20. The molecule has 0 radical (unpaired) electrons. The van der Waals surface area contributed by atoms with E-state index in [4.69, 9.17) is 16.6 Å². The van der Waals surface area contributed by atoms with E-state index in [1.54, 1.807) is 0 Å². The predicted molar refractivity (Wildman–Crippen MR) is 82.3 cm³/mol. The second-order valence-corrected chi connectivity index (χ2v) is 6.70. The largest absolute Gasteiger partial charge is 0.322 e. The van der Waals surface area contributed by atoms with Crippen LogP contribution in [0.1, 0.15) is 43.4 Å². The van der Waals surface area contributed by atoms with Gasteiger partial charge >= 0.3 is 0 Å². The van der Waals surface area contributed by atoms with Crippen LogP contribution in [0.15, 0.2) is 24.3 Å². The summed E-state index contributed by atoms with van der Waals surface area (Å²) in [5.41, 5.74) is 2.32. The Bertz CT molecular complexity index is 634. The number of halogens is 1. The molecule has 2 aliphatic heterocycles. The molecule has 3 nitrogen and oxygen atoms in total. The lowest BCUT2D eigenvalue weighted by Crippen LogP contribution is -2.28. The van der Waals surface area contributed by atoms with E-state index >= 15 is 0 Å². The van der Waals surface area contributed by atoms with Crippen LogP contribution in [0.4, 0.5) is 0 Å². The summed E-state index contributed by atoms with van der Waals surface area (Å²) in [6.45, 7) is 4.51. The number of fused-ring (bicyclic) bond motifs is 2. The van der Waals surface area contributed by atoms with Crippen molar-refractivity contribution in [2.75, 3.05) is 13.1 Å². The topological polar surface area (TPSA) is 21.1 Å². The van der Waals surface area contributed by atoms with Gasteiger partial charge in [-0.05, 0) is 44.9 Å². The number of para-hydroxylation sites is 2. The van der Waals surface area contributed by atoms with E-state index in [2.05, 4.69) is 33.7 Å². The van der Waals surface area contributed by atoms with Crippen molar-refractivity contribution < 1.29 is 0 Å². The molecule has 3 unspecified atom stereocenters. The maximum absolute atomic E-state index is 6.40. The van der Waals surface area contributed by atoms with Gasteiger partial charge in [0.15, 0.2) is 0 Å². The zero-order valence-corrected chi connectivity index (χ0v) is 12.6. The summed E-state index contributed by atoms with van der Waals surface area (Å²) in [6.07, 6.45) is 3.87. The maximum Gasteiger partial charge on any atom is 0.128 e. The standard InChI is InChI=1S/C16H20ClN3/c1-11(17)16-18-12-5-2-3-6-13(12)20(16)15-8-10-19-9-4-7-14(15)19/h2-3,5-6,11,14-15H,4,7-10H2,1H3. The second-order valence-electron chi connectivity index (χ2n) is 6.05. The molecule has 0 saturated carbocycles. The molecule has 2 saturated heterocycles. The first-order valence-corrected chi connectivity index (χ1v) is 8.04. The molecule has 2 aliphatic rings. The van der Waals surface area contributed by atoms with Crippen LogP contribution in [-0.4, -0.2) is 33.6 Å². The summed E-state index contributed by atoms with van der Waals surface area (Å²) in [6, 6.07) is 9.66. The van der Waals surface area contributed by atoms with Gasteiger partial charge in [0.05, 0.1) is 22.5 Å². The lowest BCUT2D eigenvalue weighted by atomic mass is 10.1. The minimum Gasteiger partial charge on any atom is -0.322 e. The Hall–Kier alpha value is -1.06. The van der Waals surface area contributed by atoms with Crippen molar-refractivity contribution in [3.05, 3.63) is 30.1 Å². The number of hydrogen-bond donors (Lipinski definition) is 0. The maximum atomic E-state index is 6.40. The van der Waals surface area contributed by atoms with Gasteiger partial charge in [0.2, 0.25) is 0 Å². The number of aromatic nitrogens is 2. The van der Waals surface area contributed by atoms with Gasteiger partial charge in [0, 0.05) is 12.6 Å². The van der Waals surface area contributed by atoms with E-state index in [-0.39, 0.29) is 5.38 Å². The first-order valence-electron chi connectivity index (χ1n) is 7.60. The third-order valence-corrected chi connectivity index (χ3v) is 5.08. The molecule has 0 spiro atoms. The van der Waals surface area contributed by atoms with Crippen LogP contribution < -0.4 is 0 Å². The molecule has 106 valence electrons. The molecule has 1 aromatic heterocycles. The van der Waals surface area contributed by atoms with Crippen LogP contribution in [0, 0.1) is 0 Å². The van der Waals surface area contributed by atoms with Gasteiger partial charge in [-0.15, -0.1) is 11.6 Å². The van der Waals surface area contributed by atoms with Gasteiger partial charge in [-0.1, -0.05) is 12.1 Å². The molecule has 2 aromatic rings. The molecule has 0 bridgehead atoms. The fraction of sp³-hybridized carbons (Fsp3) is 0.562. The third-order valence-electron chi connectivity index (χ3n) is 4.88. The smallest absolute Gasteiger partial charge is 0.128 e. The van der Waals surface area contributed by atoms with Gasteiger partial charge in [0.25, 0.3) is 0 Å². The molecule has 3 atom stereocenters. The van der Waals surface area contributed by atoms with Gasteiger partial charge in [-0.25, -0.2) is 4.98 Å². The van der Waals surface area contributed by atoms with Crippen molar-refractivity contribution >= 4 is 22.6 Å². The molecule has 20 heavy (non-hydrogen) atoms.